The number of amides is 1. The maximum atomic E-state index is 12.2. The van der Waals surface area contributed by atoms with Crippen molar-refractivity contribution in [2.24, 2.45) is 5.10 Å². The van der Waals surface area contributed by atoms with Crippen LogP contribution < -0.4 is 5.43 Å². The number of aromatic amines is 1. The first-order valence-corrected chi connectivity index (χ1v) is 7.65. The molecule has 0 atom stereocenters. The van der Waals surface area contributed by atoms with E-state index in [2.05, 4.69) is 15.5 Å². The predicted molar refractivity (Wildman–Crippen MR) is 85.6 cm³/mol. The summed E-state index contributed by atoms with van der Waals surface area (Å²) in [6, 6.07) is 3.80. The van der Waals surface area contributed by atoms with E-state index >= 15 is 0 Å². The highest BCUT2D eigenvalue weighted by molar-refractivity contribution is 7.11. The quantitative estimate of drug-likeness (QED) is 0.505. The number of thiophene rings is 1. The second-order valence-electron chi connectivity index (χ2n) is 4.56. The van der Waals surface area contributed by atoms with E-state index in [4.69, 9.17) is 4.74 Å². The molecule has 22 heavy (non-hydrogen) atoms. The molecule has 0 aromatic carbocycles. The molecule has 2 heterocycles. The first-order chi connectivity index (χ1) is 10.5. The zero-order valence-corrected chi connectivity index (χ0v) is 13.4. The molecule has 0 saturated heterocycles. The van der Waals surface area contributed by atoms with Crippen molar-refractivity contribution in [2.45, 2.75) is 20.8 Å². The largest absolute Gasteiger partial charge is 0.461 e. The number of H-pyrrole nitrogens is 1. The summed E-state index contributed by atoms with van der Waals surface area (Å²) < 4.78 is 4.96. The Bertz CT molecular complexity index is 702. The van der Waals surface area contributed by atoms with Gasteiger partial charge in [-0.2, -0.15) is 5.10 Å². The van der Waals surface area contributed by atoms with Crippen molar-refractivity contribution < 1.29 is 14.3 Å². The van der Waals surface area contributed by atoms with Gasteiger partial charge >= 0.3 is 5.97 Å². The molecule has 2 rings (SSSR count). The topological polar surface area (TPSA) is 83.5 Å². The van der Waals surface area contributed by atoms with Gasteiger partial charge in [-0.05, 0) is 37.8 Å². The second kappa shape index (κ2) is 7.04. The molecule has 0 aliphatic heterocycles. The third-order valence-electron chi connectivity index (χ3n) is 3.05. The third kappa shape index (κ3) is 3.43. The third-order valence-corrected chi connectivity index (χ3v) is 3.85. The van der Waals surface area contributed by atoms with Crippen molar-refractivity contribution in [1.82, 2.24) is 10.4 Å². The van der Waals surface area contributed by atoms with E-state index in [0.29, 0.717) is 22.5 Å². The normalized spacial score (nSPS) is 10.9. The number of nitrogens with one attached hydrogen (secondary N) is 2. The number of carbonyl (C=O) groups is 2. The first kappa shape index (κ1) is 16.0. The van der Waals surface area contributed by atoms with Gasteiger partial charge in [0.15, 0.2) is 0 Å². The van der Waals surface area contributed by atoms with Crippen LogP contribution in [0.1, 0.15) is 43.9 Å². The summed E-state index contributed by atoms with van der Waals surface area (Å²) in [5.41, 5.74) is 4.33. The van der Waals surface area contributed by atoms with E-state index in [0.717, 1.165) is 4.88 Å². The number of aryl methyl sites for hydroxylation is 1. The molecule has 0 saturated carbocycles. The van der Waals surface area contributed by atoms with Crippen molar-refractivity contribution in [3.05, 3.63) is 44.9 Å². The summed E-state index contributed by atoms with van der Waals surface area (Å²) in [5, 5.41) is 5.84. The molecule has 116 valence electrons. The Morgan fingerprint density at radius 1 is 1.45 bits per heavy atom. The van der Waals surface area contributed by atoms with Gasteiger partial charge in [0.2, 0.25) is 0 Å². The van der Waals surface area contributed by atoms with Gasteiger partial charge in [0.05, 0.1) is 18.4 Å². The van der Waals surface area contributed by atoms with Crippen LogP contribution in [0.5, 0.6) is 0 Å². The summed E-state index contributed by atoms with van der Waals surface area (Å²) in [6.45, 7) is 5.44. The molecule has 0 radical (unpaired) electrons. The number of esters is 1. The Morgan fingerprint density at radius 3 is 2.86 bits per heavy atom. The van der Waals surface area contributed by atoms with E-state index < -0.39 is 5.97 Å². The lowest BCUT2D eigenvalue weighted by molar-refractivity contribution is 0.0519. The molecule has 2 aromatic heterocycles. The van der Waals surface area contributed by atoms with E-state index in [-0.39, 0.29) is 12.5 Å². The van der Waals surface area contributed by atoms with Crippen molar-refractivity contribution in [3.63, 3.8) is 0 Å². The van der Waals surface area contributed by atoms with Gasteiger partial charge in [0.25, 0.3) is 5.91 Å². The van der Waals surface area contributed by atoms with E-state index in [9.17, 15) is 9.59 Å². The molecule has 0 aliphatic carbocycles. The lowest BCUT2D eigenvalue weighted by Gasteiger charge is -2.02. The van der Waals surface area contributed by atoms with Crippen LogP contribution in [0.25, 0.3) is 0 Å². The Morgan fingerprint density at radius 2 is 2.23 bits per heavy atom. The summed E-state index contributed by atoms with van der Waals surface area (Å²) in [6.07, 6.45) is 1.58. The monoisotopic (exact) mass is 319 g/mol. The fourth-order valence-electron chi connectivity index (χ4n) is 2.07. The van der Waals surface area contributed by atoms with Gasteiger partial charge in [-0.3, -0.25) is 4.79 Å². The van der Waals surface area contributed by atoms with Gasteiger partial charge in [0.1, 0.15) is 5.69 Å². The SMILES string of the molecule is CCOC(=O)c1[nH]c(C)c(C(=O)N/N=C/c2cccs2)c1C. The van der Waals surface area contributed by atoms with Crippen LogP contribution in [0.3, 0.4) is 0 Å². The number of hydrogen-bond acceptors (Lipinski definition) is 5. The zero-order chi connectivity index (χ0) is 16.1. The zero-order valence-electron chi connectivity index (χ0n) is 12.6. The smallest absolute Gasteiger partial charge is 0.355 e. The van der Waals surface area contributed by atoms with Crippen LogP contribution in [0.4, 0.5) is 0 Å². The molecule has 0 aliphatic rings. The highest BCUT2D eigenvalue weighted by Crippen LogP contribution is 2.18. The minimum atomic E-state index is -0.468. The summed E-state index contributed by atoms with van der Waals surface area (Å²) >= 11 is 1.52. The maximum absolute atomic E-state index is 12.2. The van der Waals surface area contributed by atoms with Crippen LogP contribution in [-0.2, 0) is 4.74 Å². The van der Waals surface area contributed by atoms with Crippen LogP contribution >= 0.6 is 11.3 Å². The number of hydrogen-bond donors (Lipinski definition) is 2. The van der Waals surface area contributed by atoms with Crippen LogP contribution in [0, 0.1) is 13.8 Å². The minimum absolute atomic E-state index is 0.281. The van der Waals surface area contributed by atoms with Gasteiger partial charge < -0.3 is 9.72 Å². The molecule has 6 nitrogen and oxygen atoms in total. The highest BCUT2D eigenvalue weighted by Gasteiger charge is 2.22. The maximum Gasteiger partial charge on any atom is 0.355 e. The van der Waals surface area contributed by atoms with Gasteiger partial charge in [-0.15, -0.1) is 11.3 Å². The van der Waals surface area contributed by atoms with Crippen LogP contribution in [0.2, 0.25) is 0 Å². The fourth-order valence-corrected chi connectivity index (χ4v) is 2.66. The number of aromatic nitrogens is 1. The van der Waals surface area contributed by atoms with Crippen molar-refractivity contribution in [3.8, 4) is 0 Å². The molecule has 7 heteroatoms. The molecule has 0 unspecified atom stereocenters. The molecule has 0 spiro atoms. The average molecular weight is 319 g/mol. The lowest BCUT2D eigenvalue weighted by atomic mass is 10.1. The van der Waals surface area contributed by atoms with Gasteiger partial charge in [-0.25, -0.2) is 10.2 Å². The number of rotatable bonds is 5. The fraction of sp³-hybridized carbons (Fsp3) is 0.267. The molecular formula is C15H17N3O3S. The first-order valence-electron chi connectivity index (χ1n) is 6.77. The average Bonchev–Trinajstić information content (AvgIpc) is 3.07. The number of carbonyl (C=O) groups excluding carboxylic acids is 2. The highest BCUT2D eigenvalue weighted by atomic mass is 32.1. The Kier molecular flexibility index (Phi) is 5.11. The molecule has 0 fully saturated rings. The molecule has 1 amide bonds. The number of ether oxygens (including phenoxy) is 1. The molecule has 0 bridgehead atoms. The minimum Gasteiger partial charge on any atom is -0.461 e. The molecule has 2 aromatic rings. The van der Waals surface area contributed by atoms with E-state index in [1.54, 1.807) is 27.0 Å². The second-order valence-corrected chi connectivity index (χ2v) is 5.54. The van der Waals surface area contributed by atoms with Crippen molar-refractivity contribution >= 4 is 29.4 Å². The summed E-state index contributed by atoms with van der Waals surface area (Å²) in [7, 11) is 0. The van der Waals surface area contributed by atoms with Crippen LogP contribution in [0.15, 0.2) is 22.6 Å². The van der Waals surface area contributed by atoms with Gasteiger partial charge in [-0.1, -0.05) is 6.07 Å². The van der Waals surface area contributed by atoms with Gasteiger partial charge in [0, 0.05) is 10.6 Å². The molecular weight excluding hydrogens is 302 g/mol. The number of nitrogens with zero attached hydrogens (tertiary/aromatic N) is 1. The van der Waals surface area contributed by atoms with E-state index in [1.807, 2.05) is 17.5 Å². The molecule has 2 N–H and O–H groups in total. The Balaban J connectivity index is 2.14. The lowest BCUT2D eigenvalue weighted by Crippen LogP contribution is -2.19. The van der Waals surface area contributed by atoms with E-state index in [1.165, 1.54) is 11.3 Å². The Labute approximate surface area is 132 Å². The predicted octanol–water partition coefficient (Wildman–Crippen LogP) is 2.63. The van der Waals surface area contributed by atoms with Crippen LogP contribution in [-0.4, -0.2) is 29.7 Å². The standard InChI is InChI=1S/C15H17N3O3S/c1-4-21-15(20)13-9(2)12(10(3)17-13)14(19)18-16-8-11-6-5-7-22-11/h5-8,17H,4H2,1-3H3,(H,18,19)/b16-8+. The summed E-state index contributed by atoms with van der Waals surface area (Å²) in [5.74, 6) is -0.834. The summed E-state index contributed by atoms with van der Waals surface area (Å²) in [4.78, 5) is 27.9. The van der Waals surface area contributed by atoms with Crippen molar-refractivity contribution in [1.29, 1.82) is 0 Å². The number of hydrazone groups is 1. The Hall–Kier alpha value is -2.41. The van der Waals surface area contributed by atoms with Crippen molar-refractivity contribution in [2.75, 3.05) is 6.61 Å².